The molecule has 1 atom stereocenters. The van der Waals surface area contributed by atoms with E-state index in [2.05, 4.69) is 19.4 Å². The number of alkyl halides is 1. The number of halogens is 2. The van der Waals surface area contributed by atoms with E-state index in [1.165, 1.54) is 5.56 Å². The number of nitrogens with one attached hydrogen (secondary N) is 1. The van der Waals surface area contributed by atoms with E-state index in [-0.39, 0.29) is 21.5 Å². The molecule has 1 aromatic carbocycles. The molecule has 0 aromatic heterocycles. The average molecular weight is 380 g/mol. The summed E-state index contributed by atoms with van der Waals surface area (Å²) < 4.78 is 2.31. The molecule has 0 saturated carbocycles. The van der Waals surface area contributed by atoms with Gasteiger partial charge in [0.2, 0.25) is 0 Å². The zero-order valence-electron chi connectivity index (χ0n) is 10.3. The van der Waals surface area contributed by atoms with Gasteiger partial charge in [-0.05, 0) is 0 Å². The quantitative estimate of drug-likeness (QED) is 0.355. The predicted molar refractivity (Wildman–Crippen MR) is 69.8 cm³/mol. The first-order valence-electron chi connectivity index (χ1n) is 6.18. The van der Waals surface area contributed by atoms with Crippen LogP contribution in [-0.2, 0) is 12.0 Å². The molecule has 1 aromatic rings. The van der Waals surface area contributed by atoms with E-state index in [9.17, 15) is 5.11 Å². The zero-order chi connectivity index (χ0) is 12.8. The van der Waals surface area contributed by atoms with E-state index < -0.39 is 5.60 Å². The van der Waals surface area contributed by atoms with Crippen LogP contribution in [0.15, 0.2) is 12.1 Å². The van der Waals surface area contributed by atoms with Crippen LogP contribution >= 0.6 is 11.6 Å². The van der Waals surface area contributed by atoms with Gasteiger partial charge >= 0.3 is 124 Å². The second kappa shape index (κ2) is 4.81. The molecule has 0 spiro atoms. The van der Waals surface area contributed by atoms with E-state index in [4.69, 9.17) is 11.6 Å². The molecule has 0 aliphatic carbocycles. The summed E-state index contributed by atoms with van der Waals surface area (Å²) in [5.41, 5.74) is 2.76. The van der Waals surface area contributed by atoms with E-state index >= 15 is 0 Å². The van der Waals surface area contributed by atoms with E-state index in [1.807, 2.05) is 6.07 Å². The third-order valence-electron chi connectivity index (χ3n) is 3.81. The molecular formula is C13H17ClIN2O-. The summed E-state index contributed by atoms with van der Waals surface area (Å²) in [6, 6.07) is 4.06. The summed E-state index contributed by atoms with van der Waals surface area (Å²) in [5.74, 6) is 0. The molecule has 0 bridgehead atoms. The zero-order valence-corrected chi connectivity index (χ0v) is 13.3. The molecule has 18 heavy (non-hydrogen) atoms. The Morgan fingerprint density at radius 2 is 2.28 bits per heavy atom. The maximum atomic E-state index is 11.0. The fraction of sp³-hybridized carbons (Fsp3) is 0.538. The van der Waals surface area contributed by atoms with Crippen LogP contribution < -0.4 is 29.9 Å². The predicted octanol–water partition coefficient (Wildman–Crippen LogP) is -1.48. The summed E-state index contributed by atoms with van der Waals surface area (Å²) >= 11 is 6.26. The normalized spacial score (nSPS) is 26.9. The molecule has 2 aliphatic heterocycles. The van der Waals surface area contributed by atoms with Crippen LogP contribution in [0.1, 0.15) is 17.5 Å². The number of rotatable bonds is 1. The number of anilines is 1. The SMILES string of the molecule is C[I-]N1CC2(O)CCNCCc3ccc(Cl)c1c32. The summed E-state index contributed by atoms with van der Waals surface area (Å²) in [6.07, 6.45) is 1.74. The summed E-state index contributed by atoms with van der Waals surface area (Å²) in [7, 11) is 0. The fourth-order valence-corrected chi connectivity index (χ4v) is 5.24. The van der Waals surface area contributed by atoms with Crippen molar-refractivity contribution in [1.29, 1.82) is 0 Å². The number of hydrogen-bond donors (Lipinski definition) is 2. The maximum absolute atomic E-state index is 11.0. The first-order valence-corrected chi connectivity index (χ1v) is 9.68. The van der Waals surface area contributed by atoms with Crippen molar-refractivity contribution in [2.24, 2.45) is 0 Å². The summed E-state index contributed by atoms with van der Waals surface area (Å²) in [5, 5.41) is 15.2. The molecule has 0 radical (unpaired) electrons. The Hall–Kier alpha value is -0.0400. The number of hydrogen-bond acceptors (Lipinski definition) is 3. The van der Waals surface area contributed by atoms with E-state index in [0.717, 1.165) is 42.2 Å². The van der Waals surface area contributed by atoms with Crippen LogP contribution in [0.4, 0.5) is 5.69 Å². The Bertz CT molecular complexity index is 482. The van der Waals surface area contributed by atoms with Crippen molar-refractivity contribution >= 4 is 17.3 Å². The third-order valence-corrected chi connectivity index (χ3v) is 6.11. The monoisotopic (exact) mass is 379 g/mol. The van der Waals surface area contributed by atoms with Crippen molar-refractivity contribution in [2.75, 3.05) is 27.7 Å². The van der Waals surface area contributed by atoms with Crippen LogP contribution in [0.3, 0.4) is 0 Å². The molecule has 2 aliphatic rings. The number of benzene rings is 1. The second-order valence-electron chi connectivity index (χ2n) is 4.90. The average Bonchev–Trinajstić information content (AvgIpc) is 2.64. The Morgan fingerprint density at radius 1 is 1.44 bits per heavy atom. The van der Waals surface area contributed by atoms with Crippen LogP contribution in [0.2, 0.25) is 5.02 Å². The van der Waals surface area contributed by atoms with Crippen molar-refractivity contribution in [2.45, 2.75) is 18.4 Å². The van der Waals surface area contributed by atoms with Crippen molar-refractivity contribution < 1.29 is 26.6 Å². The van der Waals surface area contributed by atoms with E-state index in [1.54, 1.807) is 0 Å². The van der Waals surface area contributed by atoms with Gasteiger partial charge in [-0.15, -0.1) is 0 Å². The molecule has 0 fully saturated rings. The van der Waals surface area contributed by atoms with Gasteiger partial charge in [-0.2, -0.15) is 0 Å². The number of β-amino-alcohol motifs (C(OH)–C–C–N with tert-alkyl or cyclic N) is 1. The fourth-order valence-electron chi connectivity index (χ4n) is 2.95. The Balaban J connectivity index is 2.20. The molecule has 2 N–H and O–H groups in total. The number of aliphatic hydroxyl groups is 1. The van der Waals surface area contributed by atoms with Gasteiger partial charge in [0.05, 0.1) is 0 Å². The Labute approximate surface area is 123 Å². The van der Waals surface area contributed by atoms with Crippen LogP contribution in [-0.4, -0.2) is 29.7 Å². The molecule has 3 rings (SSSR count). The molecule has 3 nitrogen and oxygen atoms in total. The van der Waals surface area contributed by atoms with Gasteiger partial charge in [0.1, 0.15) is 0 Å². The van der Waals surface area contributed by atoms with Crippen molar-refractivity contribution in [3.63, 3.8) is 0 Å². The van der Waals surface area contributed by atoms with E-state index in [0.29, 0.717) is 6.54 Å². The first kappa shape index (κ1) is 13.0. The summed E-state index contributed by atoms with van der Waals surface area (Å²) in [6.45, 7) is 2.56. The van der Waals surface area contributed by atoms with Gasteiger partial charge in [0.15, 0.2) is 0 Å². The summed E-state index contributed by atoms with van der Waals surface area (Å²) in [4.78, 5) is 2.22. The minimum atomic E-state index is -0.710. The van der Waals surface area contributed by atoms with Crippen LogP contribution in [0.25, 0.3) is 0 Å². The molecule has 2 heterocycles. The molecule has 0 saturated heterocycles. The Kier molecular flexibility index (Phi) is 3.47. The molecular weight excluding hydrogens is 363 g/mol. The molecule has 5 heteroatoms. The number of nitrogens with zero attached hydrogens (tertiary/aromatic N) is 1. The van der Waals surface area contributed by atoms with Crippen molar-refractivity contribution in [3.8, 4) is 0 Å². The topological polar surface area (TPSA) is 35.5 Å². The molecule has 100 valence electrons. The van der Waals surface area contributed by atoms with Gasteiger partial charge in [0, 0.05) is 0 Å². The first-order chi connectivity index (χ1) is 8.65. The van der Waals surface area contributed by atoms with Gasteiger partial charge in [-0.25, -0.2) is 0 Å². The van der Waals surface area contributed by atoms with Gasteiger partial charge in [-0.3, -0.25) is 0 Å². The van der Waals surface area contributed by atoms with Crippen LogP contribution in [0.5, 0.6) is 0 Å². The van der Waals surface area contributed by atoms with Gasteiger partial charge < -0.3 is 0 Å². The van der Waals surface area contributed by atoms with Crippen LogP contribution in [0, 0.1) is 0 Å². The van der Waals surface area contributed by atoms with Crippen molar-refractivity contribution in [1.82, 2.24) is 5.32 Å². The van der Waals surface area contributed by atoms with Crippen molar-refractivity contribution in [3.05, 3.63) is 28.3 Å². The van der Waals surface area contributed by atoms with Gasteiger partial charge in [0.25, 0.3) is 0 Å². The third kappa shape index (κ3) is 1.94. The minimum absolute atomic E-state index is 0.102. The Morgan fingerprint density at radius 3 is 3.06 bits per heavy atom. The van der Waals surface area contributed by atoms with Gasteiger partial charge in [-0.1, -0.05) is 0 Å². The second-order valence-corrected chi connectivity index (χ2v) is 7.44. The molecule has 0 amide bonds. The standard InChI is InChI=1S/C13H17ClIN2O/c1-15-17-8-13(18)5-7-16-6-4-9-2-3-10(14)12(17)11(9)13/h2-3,16,18H,4-8H2,1H3/q-1. The molecule has 1 unspecified atom stereocenters.